The summed E-state index contributed by atoms with van der Waals surface area (Å²) in [6, 6.07) is 9.97. The first-order chi connectivity index (χ1) is 14.8. The average molecular weight is 426 g/mol. The molecule has 3 rings (SSSR count). The molecule has 0 aliphatic rings. The first-order valence-corrected chi connectivity index (χ1v) is 9.19. The Kier molecular flexibility index (Phi) is 6.10. The Morgan fingerprint density at radius 1 is 0.968 bits per heavy atom. The van der Waals surface area contributed by atoms with Gasteiger partial charge in [0.15, 0.2) is 11.5 Å². The van der Waals surface area contributed by atoms with Gasteiger partial charge in [-0.2, -0.15) is 9.78 Å². The number of aromatic nitrogens is 3. The van der Waals surface area contributed by atoms with Crippen LogP contribution in [0.4, 0.5) is 5.69 Å². The lowest BCUT2D eigenvalue weighted by Crippen LogP contribution is -2.43. The zero-order valence-electron chi connectivity index (χ0n) is 17.8. The largest absolute Gasteiger partial charge is 0.493 e. The molecule has 0 fully saturated rings. The molecule has 3 aromatic rings. The number of hydrogen-bond donors (Lipinski definition) is 1. The molecule has 0 aliphatic heterocycles. The predicted molar refractivity (Wildman–Crippen MR) is 114 cm³/mol. The molecule has 0 unspecified atom stereocenters. The van der Waals surface area contributed by atoms with Gasteiger partial charge in [-0.3, -0.25) is 14.2 Å². The number of anilines is 1. The summed E-state index contributed by atoms with van der Waals surface area (Å²) in [6.45, 7) is 1.90. The highest BCUT2D eigenvalue weighted by Gasteiger charge is 2.21. The third-order valence-electron chi connectivity index (χ3n) is 4.59. The number of hydrogen-bond acceptors (Lipinski definition) is 7. The van der Waals surface area contributed by atoms with E-state index in [-0.39, 0.29) is 5.69 Å². The number of rotatable bonds is 6. The average Bonchev–Trinajstić information content (AvgIpc) is 2.77. The van der Waals surface area contributed by atoms with Crippen molar-refractivity contribution in [2.45, 2.75) is 6.92 Å². The van der Waals surface area contributed by atoms with E-state index in [1.54, 1.807) is 24.3 Å². The molecule has 31 heavy (non-hydrogen) atoms. The van der Waals surface area contributed by atoms with Crippen LogP contribution in [0.15, 0.2) is 46.0 Å². The summed E-state index contributed by atoms with van der Waals surface area (Å²) in [5.74, 6) is 0.200. The number of nitrogens with one attached hydrogen (secondary N) is 1. The molecule has 0 bridgehead atoms. The Hall–Kier alpha value is -4.08. The van der Waals surface area contributed by atoms with Crippen LogP contribution < -0.4 is 30.8 Å². The molecule has 0 radical (unpaired) electrons. The highest BCUT2D eigenvalue weighted by molar-refractivity contribution is 6.02. The van der Waals surface area contributed by atoms with Gasteiger partial charge in [0.1, 0.15) is 0 Å². The van der Waals surface area contributed by atoms with Gasteiger partial charge >= 0.3 is 5.69 Å². The Labute approximate surface area is 177 Å². The molecule has 1 aromatic heterocycles. The van der Waals surface area contributed by atoms with Gasteiger partial charge in [-0.05, 0) is 19.1 Å². The number of methoxy groups -OCH3 is 3. The van der Waals surface area contributed by atoms with Gasteiger partial charge in [0.2, 0.25) is 11.4 Å². The van der Waals surface area contributed by atoms with E-state index in [9.17, 15) is 14.4 Å². The minimum atomic E-state index is -0.821. The third kappa shape index (κ3) is 4.13. The SMILES string of the molecule is COc1cc(NC(=O)c2nn(-c3ccc(C)cc3)c(=O)n(C)c2=O)cc(OC)c1OC. The van der Waals surface area contributed by atoms with Gasteiger partial charge in [-0.15, -0.1) is 0 Å². The van der Waals surface area contributed by atoms with Crippen molar-refractivity contribution < 1.29 is 19.0 Å². The fourth-order valence-corrected chi connectivity index (χ4v) is 2.91. The van der Waals surface area contributed by atoms with Crippen LogP contribution >= 0.6 is 0 Å². The van der Waals surface area contributed by atoms with Crippen LogP contribution in [0, 0.1) is 6.92 Å². The Balaban J connectivity index is 2.05. The Bertz CT molecular complexity index is 1220. The van der Waals surface area contributed by atoms with Gasteiger partial charge in [-0.25, -0.2) is 4.79 Å². The van der Waals surface area contributed by atoms with E-state index in [0.717, 1.165) is 14.8 Å². The zero-order chi connectivity index (χ0) is 22.7. The molecule has 2 aromatic carbocycles. The van der Waals surface area contributed by atoms with E-state index in [0.29, 0.717) is 22.9 Å². The zero-order valence-corrected chi connectivity index (χ0v) is 17.8. The van der Waals surface area contributed by atoms with Crippen molar-refractivity contribution in [2.75, 3.05) is 26.6 Å². The maximum atomic E-state index is 12.9. The van der Waals surface area contributed by atoms with Crippen molar-refractivity contribution in [3.05, 3.63) is 68.5 Å². The molecular formula is C21H22N4O6. The second-order valence-electron chi connectivity index (χ2n) is 6.61. The van der Waals surface area contributed by atoms with Gasteiger partial charge in [0, 0.05) is 24.9 Å². The lowest BCUT2D eigenvalue weighted by molar-refractivity contribution is 0.101. The minimum Gasteiger partial charge on any atom is -0.493 e. The monoisotopic (exact) mass is 426 g/mol. The van der Waals surface area contributed by atoms with Crippen LogP contribution in [-0.2, 0) is 7.05 Å². The third-order valence-corrected chi connectivity index (χ3v) is 4.59. The predicted octanol–water partition coefficient (Wildman–Crippen LogP) is 1.52. The number of ether oxygens (including phenoxy) is 3. The van der Waals surface area contributed by atoms with E-state index in [4.69, 9.17) is 14.2 Å². The molecule has 1 N–H and O–H groups in total. The summed E-state index contributed by atoms with van der Waals surface area (Å²) in [4.78, 5) is 38.0. The minimum absolute atomic E-state index is 0.288. The first kappa shape index (κ1) is 21.6. The summed E-state index contributed by atoms with van der Waals surface area (Å²) in [5.41, 5.74) is -0.237. The number of nitrogens with zero attached hydrogens (tertiary/aromatic N) is 3. The van der Waals surface area contributed by atoms with Crippen LogP contribution in [-0.4, -0.2) is 41.6 Å². The number of benzene rings is 2. The fraction of sp³-hybridized carbons (Fsp3) is 0.238. The molecule has 0 spiro atoms. The Morgan fingerprint density at radius 2 is 1.55 bits per heavy atom. The first-order valence-electron chi connectivity index (χ1n) is 9.19. The quantitative estimate of drug-likeness (QED) is 0.636. The number of amides is 1. The highest BCUT2D eigenvalue weighted by Crippen LogP contribution is 2.39. The molecule has 10 heteroatoms. The molecule has 1 heterocycles. The van der Waals surface area contributed by atoms with Gasteiger partial charge in [0.25, 0.3) is 11.5 Å². The van der Waals surface area contributed by atoms with Crippen LogP contribution in [0.3, 0.4) is 0 Å². The smallest absolute Gasteiger partial charge is 0.351 e. The van der Waals surface area contributed by atoms with Gasteiger partial charge < -0.3 is 19.5 Å². The molecule has 0 saturated heterocycles. The van der Waals surface area contributed by atoms with Crippen molar-refractivity contribution in [3.8, 4) is 22.9 Å². The van der Waals surface area contributed by atoms with Crippen molar-refractivity contribution in [1.82, 2.24) is 14.3 Å². The van der Waals surface area contributed by atoms with E-state index < -0.39 is 22.9 Å². The molecule has 0 saturated carbocycles. The van der Waals surface area contributed by atoms with Crippen LogP contribution in [0.2, 0.25) is 0 Å². The normalized spacial score (nSPS) is 10.5. The van der Waals surface area contributed by atoms with Crippen LogP contribution in [0.25, 0.3) is 5.69 Å². The van der Waals surface area contributed by atoms with Crippen molar-refractivity contribution in [1.29, 1.82) is 0 Å². The molecule has 10 nitrogen and oxygen atoms in total. The summed E-state index contributed by atoms with van der Waals surface area (Å²) in [5, 5.41) is 6.61. The maximum absolute atomic E-state index is 12.9. The standard InChI is InChI=1S/C21H22N4O6/c1-12-6-8-14(9-7-12)25-21(28)24(2)20(27)17(23-25)19(26)22-13-10-15(29-3)18(31-5)16(11-13)30-4/h6-11H,1-5H3,(H,22,26). The molecule has 162 valence electrons. The lowest BCUT2D eigenvalue weighted by Gasteiger charge is -2.15. The topological polar surface area (TPSA) is 114 Å². The summed E-state index contributed by atoms with van der Waals surface area (Å²) < 4.78 is 17.6. The van der Waals surface area contributed by atoms with Gasteiger partial charge in [-0.1, -0.05) is 17.7 Å². The molecule has 0 atom stereocenters. The maximum Gasteiger partial charge on any atom is 0.351 e. The molecule has 1 amide bonds. The number of carbonyl (C=O) groups is 1. The second kappa shape index (κ2) is 8.74. The van der Waals surface area contributed by atoms with Crippen molar-refractivity contribution in [3.63, 3.8) is 0 Å². The highest BCUT2D eigenvalue weighted by atomic mass is 16.5. The summed E-state index contributed by atoms with van der Waals surface area (Å²) in [7, 11) is 5.63. The summed E-state index contributed by atoms with van der Waals surface area (Å²) in [6.07, 6.45) is 0. The molecule has 0 aliphatic carbocycles. The number of aryl methyl sites for hydroxylation is 1. The van der Waals surface area contributed by atoms with E-state index in [1.807, 2.05) is 6.92 Å². The fourth-order valence-electron chi connectivity index (χ4n) is 2.91. The van der Waals surface area contributed by atoms with Crippen LogP contribution in [0.1, 0.15) is 16.1 Å². The lowest BCUT2D eigenvalue weighted by atomic mass is 10.2. The van der Waals surface area contributed by atoms with Crippen molar-refractivity contribution in [2.24, 2.45) is 7.05 Å². The summed E-state index contributed by atoms with van der Waals surface area (Å²) >= 11 is 0. The second-order valence-corrected chi connectivity index (χ2v) is 6.61. The van der Waals surface area contributed by atoms with Gasteiger partial charge in [0.05, 0.1) is 27.0 Å². The number of carbonyl (C=O) groups excluding carboxylic acids is 1. The van der Waals surface area contributed by atoms with Crippen LogP contribution in [0.5, 0.6) is 17.2 Å². The Morgan fingerprint density at radius 3 is 2.06 bits per heavy atom. The molecular weight excluding hydrogens is 404 g/mol. The van der Waals surface area contributed by atoms with Crippen molar-refractivity contribution >= 4 is 11.6 Å². The van der Waals surface area contributed by atoms with E-state index >= 15 is 0 Å². The van der Waals surface area contributed by atoms with E-state index in [1.165, 1.54) is 40.5 Å². The van der Waals surface area contributed by atoms with E-state index in [2.05, 4.69) is 10.4 Å².